The van der Waals surface area contributed by atoms with Crippen LogP contribution in [-0.4, -0.2) is 32.2 Å². The number of ether oxygens (including phenoxy) is 1. The van der Waals surface area contributed by atoms with E-state index in [1.54, 1.807) is 0 Å². The first-order valence-electron chi connectivity index (χ1n) is 8.39. The van der Waals surface area contributed by atoms with Gasteiger partial charge in [0.2, 0.25) is 10.0 Å². The lowest BCUT2D eigenvalue weighted by Gasteiger charge is -2.14. The number of carbonyl (C=O) groups is 2. The fraction of sp³-hybridized carbons (Fsp3) is 0.263. The number of thioether (sulfide) groups is 1. The Labute approximate surface area is 168 Å². The van der Waals surface area contributed by atoms with Crippen molar-refractivity contribution in [3.8, 4) is 0 Å². The van der Waals surface area contributed by atoms with Gasteiger partial charge in [0.05, 0.1) is 10.6 Å². The molecule has 7 nitrogen and oxygen atoms in total. The summed E-state index contributed by atoms with van der Waals surface area (Å²) in [7, 11) is -3.80. The zero-order valence-electron chi connectivity index (χ0n) is 15.8. The van der Waals surface area contributed by atoms with E-state index in [9.17, 15) is 18.0 Å². The molecule has 2 aromatic rings. The minimum absolute atomic E-state index is 0.0616. The highest BCUT2D eigenvalue weighted by atomic mass is 32.2. The van der Waals surface area contributed by atoms with Crippen molar-refractivity contribution in [2.75, 3.05) is 11.1 Å². The number of primary sulfonamides is 1. The summed E-state index contributed by atoms with van der Waals surface area (Å²) in [5, 5.41) is 7.58. The predicted octanol–water partition coefficient (Wildman–Crippen LogP) is 2.61. The maximum absolute atomic E-state index is 12.2. The van der Waals surface area contributed by atoms with Crippen molar-refractivity contribution in [1.82, 2.24) is 0 Å². The van der Waals surface area contributed by atoms with E-state index >= 15 is 0 Å². The van der Waals surface area contributed by atoms with Gasteiger partial charge >= 0.3 is 5.97 Å². The molecule has 3 N–H and O–H groups in total. The highest BCUT2D eigenvalue weighted by molar-refractivity contribution is 8.00. The maximum atomic E-state index is 12.2. The molecule has 1 unspecified atom stereocenters. The van der Waals surface area contributed by atoms with Crippen molar-refractivity contribution in [2.45, 2.75) is 36.7 Å². The monoisotopic (exact) mass is 422 g/mol. The van der Waals surface area contributed by atoms with E-state index in [0.717, 1.165) is 16.0 Å². The first-order valence-corrected chi connectivity index (χ1v) is 10.9. The van der Waals surface area contributed by atoms with Gasteiger partial charge in [-0.2, -0.15) is 0 Å². The largest absolute Gasteiger partial charge is 0.452 e. The lowest BCUT2D eigenvalue weighted by molar-refractivity contribution is -0.150. The van der Waals surface area contributed by atoms with E-state index in [4.69, 9.17) is 9.88 Å². The van der Waals surface area contributed by atoms with Gasteiger partial charge in [-0.25, -0.2) is 13.6 Å². The molecule has 1 amide bonds. The standard InChI is InChI=1S/C19H22N2O5S2/c1-12-4-5-13(2)17(10-12)27-11-18(22)26-14(3)19(23)21-15-6-8-16(9-7-15)28(20,24)25/h4-10,14H,11H2,1-3H3,(H,21,23)(H2,20,24,25). The molecular formula is C19H22N2O5S2. The molecule has 9 heteroatoms. The van der Waals surface area contributed by atoms with E-state index in [2.05, 4.69) is 5.32 Å². The van der Waals surface area contributed by atoms with E-state index in [1.807, 2.05) is 32.0 Å². The van der Waals surface area contributed by atoms with Crippen molar-refractivity contribution in [1.29, 1.82) is 0 Å². The van der Waals surface area contributed by atoms with Gasteiger partial charge in [0.15, 0.2) is 6.10 Å². The fourth-order valence-corrected chi connectivity index (χ4v) is 3.68. The fourth-order valence-electron chi connectivity index (χ4n) is 2.26. The Morgan fingerprint density at radius 3 is 2.39 bits per heavy atom. The highest BCUT2D eigenvalue weighted by Crippen LogP contribution is 2.23. The third-order valence-corrected chi connectivity index (χ3v) is 5.88. The molecule has 0 radical (unpaired) electrons. The van der Waals surface area contributed by atoms with Crippen LogP contribution < -0.4 is 10.5 Å². The van der Waals surface area contributed by atoms with Crippen LogP contribution >= 0.6 is 11.8 Å². The first-order chi connectivity index (χ1) is 13.1. The molecule has 0 saturated carbocycles. The van der Waals surface area contributed by atoms with Crippen LogP contribution in [-0.2, 0) is 24.3 Å². The SMILES string of the molecule is Cc1ccc(C)c(SCC(=O)OC(C)C(=O)Nc2ccc(S(N)(=O)=O)cc2)c1. The Hall–Kier alpha value is -2.36. The van der Waals surface area contributed by atoms with Crippen LogP contribution in [0.5, 0.6) is 0 Å². The second-order valence-electron chi connectivity index (χ2n) is 6.25. The van der Waals surface area contributed by atoms with Gasteiger partial charge < -0.3 is 10.1 Å². The lowest BCUT2D eigenvalue weighted by Crippen LogP contribution is -2.30. The van der Waals surface area contributed by atoms with Crippen molar-refractivity contribution in [3.05, 3.63) is 53.6 Å². The molecule has 28 heavy (non-hydrogen) atoms. The van der Waals surface area contributed by atoms with Crippen LogP contribution in [0.1, 0.15) is 18.1 Å². The van der Waals surface area contributed by atoms with Crippen LogP contribution in [0.3, 0.4) is 0 Å². The number of hydrogen-bond acceptors (Lipinski definition) is 6. The summed E-state index contributed by atoms with van der Waals surface area (Å²) in [4.78, 5) is 25.1. The third-order valence-electron chi connectivity index (χ3n) is 3.82. The Balaban J connectivity index is 1.87. The molecule has 2 aromatic carbocycles. The summed E-state index contributed by atoms with van der Waals surface area (Å²) in [5.41, 5.74) is 2.53. The van der Waals surface area contributed by atoms with E-state index < -0.39 is 28.0 Å². The number of nitrogens with two attached hydrogens (primary N) is 1. The second-order valence-corrected chi connectivity index (χ2v) is 8.83. The van der Waals surface area contributed by atoms with Gasteiger partial charge in [0.1, 0.15) is 0 Å². The molecule has 0 bridgehead atoms. The summed E-state index contributed by atoms with van der Waals surface area (Å²) in [6, 6.07) is 11.4. The van der Waals surface area contributed by atoms with Crippen molar-refractivity contribution in [2.24, 2.45) is 5.14 Å². The van der Waals surface area contributed by atoms with Gasteiger partial charge in [0.25, 0.3) is 5.91 Å². The molecule has 0 heterocycles. The van der Waals surface area contributed by atoms with Crippen LogP contribution in [0, 0.1) is 13.8 Å². The summed E-state index contributed by atoms with van der Waals surface area (Å²) in [6.45, 7) is 5.41. The normalized spacial score (nSPS) is 12.3. The van der Waals surface area contributed by atoms with Crippen molar-refractivity contribution in [3.63, 3.8) is 0 Å². The number of sulfonamides is 1. The number of hydrogen-bond donors (Lipinski definition) is 2. The number of aryl methyl sites for hydroxylation is 2. The molecule has 0 aliphatic heterocycles. The second kappa shape index (κ2) is 9.22. The molecular weight excluding hydrogens is 400 g/mol. The van der Waals surface area contributed by atoms with Crippen molar-refractivity contribution >= 4 is 39.3 Å². The number of anilines is 1. The first kappa shape index (κ1) is 21.9. The molecule has 150 valence electrons. The third kappa shape index (κ3) is 6.36. The number of esters is 1. The Morgan fingerprint density at radius 2 is 1.79 bits per heavy atom. The molecule has 0 fully saturated rings. The predicted molar refractivity (Wildman–Crippen MR) is 109 cm³/mol. The average Bonchev–Trinajstić information content (AvgIpc) is 2.62. The zero-order valence-corrected chi connectivity index (χ0v) is 17.4. The molecule has 0 aliphatic carbocycles. The van der Waals surface area contributed by atoms with Gasteiger partial charge in [-0.3, -0.25) is 9.59 Å². The van der Waals surface area contributed by atoms with Crippen LogP contribution in [0.4, 0.5) is 5.69 Å². The quantitative estimate of drug-likeness (QED) is 0.523. The topological polar surface area (TPSA) is 116 Å². The maximum Gasteiger partial charge on any atom is 0.317 e. The Morgan fingerprint density at radius 1 is 1.14 bits per heavy atom. The molecule has 0 aromatic heterocycles. The molecule has 0 saturated heterocycles. The molecule has 2 rings (SSSR count). The van der Waals surface area contributed by atoms with Gasteiger partial charge in [-0.05, 0) is 56.7 Å². The molecule has 0 aliphatic rings. The zero-order chi connectivity index (χ0) is 20.9. The van der Waals surface area contributed by atoms with Crippen LogP contribution in [0.15, 0.2) is 52.3 Å². The number of carbonyl (C=O) groups excluding carboxylic acids is 2. The molecule has 0 spiro atoms. The van der Waals surface area contributed by atoms with Gasteiger partial charge in [-0.15, -0.1) is 11.8 Å². The summed E-state index contributed by atoms with van der Waals surface area (Å²) < 4.78 is 27.6. The smallest absolute Gasteiger partial charge is 0.317 e. The summed E-state index contributed by atoms with van der Waals surface area (Å²) in [5.74, 6) is -0.933. The van der Waals surface area contributed by atoms with E-state index in [0.29, 0.717) is 5.69 Å². The number of amides is 1. The number of rotatable bonds is 7. The number of nitrogens with one attached hydrogen (secondary N) is 1. The van der Waals surface area contributed by atoms with Crippen molar-refractivity contribution < 1.29 is 22.7 Å². The van der Waals surface area contributed by atoms with Gasteiger partial charge in [-0.1, -0.05) is 17.7 Å². The Bertz CT molecular complexity index is 972. The lowest BCUT2D eigenvalue weighted by atomic mass is 10.2. The number of benzene rings is 2. The van der Waals surface area contributed by atoms with E-state index in [-0.39, 0.29) is 10.6 Å². The van der Waals surface area contributed by atoms with E-state index in [1.165, 1.54) is 43.0 Å². The average molecular weight is 423 g/mol. The minimum Gasteiger partial charge on any atom is -0.452 e. The highest BCUT2D eigenvalue weighted by Gasteiger charge is 2.18. The summed E-state index contributed by atoms with van der Waals surface area (Å²) in [6.07, 6.45) is -0.996. The molecule has 1 atom stereocenters. The van der Waals surface area contributed by atoms with Crippen LogP contribution in [0.2, 0.25) is 0 Å². The summed E-state index contributed by atoms with van der Waals surface area (Å²) >= 11 is 1.36. The van der Waals surface area contributed by atoms with Gasteiger partial charge in [0, 0.05) is 10.6 Å². The minimum atomic E-state index is -3.80. The van der Waals surface area contributed by atoms with Crippen LogP contribution in [0.25, 0.3) is 0 Å². The Kier molecular flexibility index (Phi) is 7.22.